The molecule has 2 aliphatic heterocycles. The van der Waals surface area contributed by atoms with E-state index in [0.29, 0.717) is 6.42 Å². The molecule has 0 N–H and O–H groups in total. The second-order valence-electron chi connectivity index (χ2n) is 5.18. The van der Waals surface area contributed by atoms with Crippen molar-refractivity contribution in [3.05, 3.63) is 42.0 Å². The van der Waals surface area contributed by atoms with Crippen LogP contribution in [0, 0.1) is 11.8 Å². The maximum absolute atomic E-state index is 12.4. The summed E-state index contributed by atoms with van der Waals surface area (Å²) in [4.78, 5) is 24.1. The van der Waals surface area contributed by atoms with Crippen molar-refractivity contribution >= 4 is 17.1 Å². The molecule has 0 unspecified atom stereocenters. The highest BCUT2D eigenvalue weighted by molar-refractivity contribution is 6.25. The van der Waals surface area contributed by atoms with Crippen LogP contribution in [-0.2, 0) is 14.3 Å². The van der Waals surface area contributed by atoms with Gasteiger partial charge in [0, 0.05) is 17.9 Å². The fourth-order valence-electron chi connectivity index (χ4n) is 3.42. The predicted octanol–water partition coefficient (Wildman–Crippen LogP) is 1.63. The van der Waals surface area contributed by atoms with Gasteiger partial charge in [-0.2, -0.15) is 0 Å². The van der Waals surface area contributed by atoms with Crippen LogP contribution in [0.2, 0.25) is 0 Å². The topological polar surface area (TPSA) is 43.4 Å². The van der Waals surface area contributed by atoms with Gasteiger partial charge in [-0.05, 0) is 5.56 Å². The van der Waals surface area contributed by atoms with Crippen LogP contribution in [0.3, 0.4) is 0 Å². The van der Waals surface area contributed by atoms with Gasteiger partial charge in [0.05, 0.1) is 12.0 Å². The first-order chi connectivity index (χ1) is 8.75. The quantitative estimate of drug-likeness (QED) is 0.749. The van der Waals surface area contributed by atoms with Crippen molar-refractivity contribution in [2.75, 3.05) is 0 Å². The van der Waals surface area contributed by atoms with Crippen molar-refractivity contribution in [1.29, 1.82) is 0 Å². The van der Waals surface area contributed by atoms with E-state index in [1.807, 2.05) is 36.4 Å². The lowest BCUT2D eigenvalue weighted by Crippen LogP contribution is -2.33. The molecule has 18 heavy (non-hydrogen) atoms. The second kappa shape index (κ2) is 3.39. The first kappa shape index (κ1) is 10.2. The molecule has 90 valence electrons. The van der Waals surface area contributed by atoms with Crippen molar-refractivity contribution in [1.82, 2.24) is 0 Å². The molecule has 0 amide bonds. The average Bonchev–Trinajstić information content (AvgIpc) is 3.01. The lowest BCUT2D eigenvalue weighted by Gasteiger charge is -2.17. The number of allylic oxidation sites excluding steroid dienone is 1. The van der Waals surface area contributed by atoms with Crippen LogP contribution in [-0.4, -0.2) is 23.8 Å². The zero-order valence-electron chi connectivity index (χ0n) is 9.71. The fourth-order valence-corrected chi connectivity index (χ4v) is 3.42. The van der Waals surface area contributed by atoms with E-state index in [9.17, 15) is 9.59 Å². The Labute approximate surface area is 104 Å². The fraction of sp³-hybridized carbons (Fsp3) is 0.333. The number of rotatable bonds is 1. The molecule has 4 rings (SSSR count). The summed E-state index contributed by atoms with van der Waals surface area (Å²) in [5.74, 6) is 0.146. The SMILES string of the molecule is O=C1C(c2ccccc2)=C[C@H]2[C@@H]1[C@@H]1CC(=O)[C@H]2O1. The molecule has 1 aromatic carbocycles. The van der Waals surface area contributed by atoms with Gasteiger partial charge in [0.15, 0.2) is 11.6 Å². The molecule has 3 nitrogen and oxygen atoms in total. The van der Waals surface area contributed by atoms with Gasteiger partial charge in [-0.25, -0.2) is 0 Å². The lowest BCUT2D eigenvalue weighted by atomic mass is 9.80. The molecule has 2 saturated heterocycles. The number of ketones is 2. The van der Waals surface area contributed by atoms with Gasteiger partial charge in [-0.15, -0.1) is 0 Å². The first-order valence-corrected chi connectivity index (χ1v) is 6.25. The maximum Gasteiger partial charge on any atom is 0.169 e. The summed E-state index contributed by atoms with van der Waals surface area (Å²) in [6, 6.07) is 9.66. The molecule has 2 bridgehead atoms. The largest absolute Gasteiger partial charge is 0.365 e. The molecular formula is C15H12O3. The highest BCUT2D eigenvalue weighted by atomic mass is 16.5. The number of benzene rings is 1. The highest BCUT2D eigenvalue weighted by Crippen LogP contribution is 2.49. The monoisotopic (exact) mass is 240 g/mol. The number of hydrogen-bond acceptors (Lipinski definition) is 3. The summed E-state index contributed by atoms with van der Waals surface area (Å²) >= 11 is 0. The van der Waals surface area contributed by atoms with E-state index < -0.39 is 0 Å². The Morgan fingerprint density at radius 2 is 1.89 bits per heavy atom. The third-order valence-corrected chi connectivity index (χ3v) is 4.22. The normalized spacial score (nSPS) is 37.0. The van der Waals surface area contributed by atoms with Crippen LogP contribution in [0.15, 0.2) is 36.4 Å². The molecule has 4 atom stereocenters. The van der Waals surface area contributed by atoms with Crippen LogP contribution < -0.4 is 0 Å². The molecule has 0 aromatic heterocycles. The molecule has 0 spiro atoms. The predicted molar refractivity (Wildman–Crippen MR) is 64.7 cm³/mol. The molecule has 0 saturated carbocycles. The Morgan fingerprint density at radius 1 is 1.11 bits per heavy atom. The van der Waals surface area contributed by atoms with Gasteiger partial charge in [0.2, 0.25) is 0 Å². The summed E-state index contributed by atoms with van der Waals surface area (Å²) < 4.78 is 5.59. The van der Waals surface area contributed by atoms with Crippen molar-refractivity contribution in [2.45, 2.75) is 18.6 Å². The van der Waals surface area contributed by atoms with Gasteiger partial charge in [-0.3, -0.25) is 9.59 Å². The molecule has 2 heterocycles. The van der Waals surface area contributed by atoms with Crippen LogP contribution in [0.1, 0.15) is 12.0 Å². The number of ether oxygens (including phenoxy) is 1. The Morgan fingerprint density at radius 3 is 2.67 bits per heavy atom. The zero-order valence-corrected chi connectivity index (χ0v) is 9.71. The van der Waals surface area contributed by atoms with E-state index in [0.717, 1.165) is 11.1 Å². The van der Waals surface area contributed by atoms with Crippen molar-refractivity contribution in [2.24, 2.45) is 11.8 Å². The molecule has 3 heteroatoms. The number of fused-ring (bicyclic) bond motifs is 5. The standard InChI is InChI=1S/C15H12O3/c16-11-7-12-13-10(15(11)18-12)6-9(14(13)17)8-4-2-1-3-5-8/h1-6,10,12-13,15H,7H2/t10-,12-,13+,15-/m0/s1. The van der Waals surface area contributed by atoms with Crippen molar-refractivity contribution < 1.29 is 14.3 Å². The minimum absolute atomic E-state index is 0.0287. The second-order valence-corrected chi connectivity index (χ2v) is 5.18. The summed E-state index contributed by atoms with van der Waals surface area (Å²) in [6.45, 7) is 0. The summed E-state index contributed by atoms with van der Waals surface area (Å²) in [6.07, 6.45) is 1.81. The Balaban J connectivity index is 1.76. The molecule has 0 radical (unpaired) electrons. The van der Waals surface area contributed by atoms with Crippen LogP contribution in [0.5, 0.6) is 0 Å². The van der Waals surface area contributed by atoms with Gasteiger partial charge in [0.25, 0.3) is 0 Å². The van der Waals surface area contributed by atoms with Gasteiger partial charge in [0.1, 0.15) is 6.10 Å². The maximum atomic E-state index is 12.4. The Bertz CT molecular complexity index is 573. The first-order valence-electron chi connectivity index (χ1n) is 6.25. The molecular weight excluding hydrogens is 228 g/mol. The summed E-state index contributed by atoms with van der Waals surface area (Å²) in [7, 11) is 0. The third kappa shape index (κ3) is 1.17. The molecule has 1 aliphatic carbocycles. The van der Waals surface area contributed by atoms with E-state index >= 15 is 0 Å². The molecule has 1 aromatic rings. The van der Waals surface area contributed by atoms with Crippen molar-refractivity contribution in [3.63, 3.8) is 0 Å². The van der Waals surface area contributed by atoms with Crippen molar-refractivity contribution in [3.8, 4) is 0 Å². The third-order valence-electron chi connectivity index (χ3n) is 4.22. The van der Waals surface area contributed by atoms with E-state index in [-0.39, 0.29) is 35.6 Å². The van der Waals surface area contributed by atoms with Gasteiger partial charge in [-0.1, -0.05) is 36.4 Å². The number of carbonyl (C=O) groups is 2. The molecule has 3 aliphatic rings. The average molecular weight is 240 g/mol. The lowest BCUT2D eigenvalue weighted by molar-refractivity contribution is -0.123. The van der Waals surface area contributed by atoms with E-state index in [2.05, 4.69) is 0 Å². The van der Waals surface area contributed by atoms with Crippen LogP contribution >= 0.6 is 0 Å². The van der Waals surface area contributed by atoms with Gasteiger partial charge >= 0.3 is 0 Å². The van der Waals surface area contributed by atoms with Crippen LogP contribution in [0.25, 0.3) is 5.57 Å². The molecule has 2 fully saturated rings. The van der Waals surface area contributed by atoms with E-state index in [4.69, 9.17) is 4.74 Å². The van der Waals surface area contributed by atoms with Gasteiger partial charge < -0.3 is 4.74 Å². The van der Waals surface area contributed by atoms with E-state index in [1.54, 1.807) is 0 Å². The zero-order chi connectivity index (χ0) is 12.3. The number of carbonyl (C=O) groups excluding carboxylic acids is 2. The van der Waals surface area contributed by atoms with E-state index in [1.165, 1.54) is 0 Å². The highest BCUT2D eigenvalue weighted by Gasteiger charge is 2.58. The summed E-state index contributed by atoms with van der Waals surface area (Å²) in [5.41, 5.74) is 1.71. The minimum atomic E-state index is -0.370. The Hall–Kier alpha value is -1.74. The van der Waals surface area contributed by atoms with Crippen LogP contribution in [0.4, 0.5) is 0 Å². The Kier molecular flexibility index (Phi) is 1.92. The smallest absolute Gasteiger partial charge is 0.169 e. The number of hydrogen-bond donors (Lipinski definition) is 0. The summed E-state index contributed by atoms with van der Waals surface area (Å²) in [5, 5.41) is 0. The number of Topliss-reactive ketones (excluding diaryl/α,β-unsaturated/α-hetero) is 2. The minimum Gasteiger partial charge on any atom is -0.365 e.